The predicted molar refractivity (Wildman–Crippen MR) is 123 cm³/mol. The van der Waals surface area contributed by atoms with E-state index in [-0.39, 0.29) is 17.4 Å². The molecule has 166 valence electrons. The first-order chi connectivity index (χ1) is 14.9. The van der Waals surface area contributed by atoms with Crippen LogP contribution in [0.25, 0.3) is 10.6 Å². The zero-order chi connectivity index (χ0) is 22.4. The molecule has 1 heterocycles. The summed E-state index contributed by atoms with van der Waals surface area (Å²) < 4.78 is 19.2. The van der Waals surface area contributed by atoms with Gasteiger partial charge in [0.1, 0.15) is 10.8 Å². The number of benzene rings is 1. The third-order valence-corrected chi connectivity index (χ3v) is 6.76. The molecular weight excluding hydrogens is 437 g/mol. The van der Waals surface area contributed by atoms with Gasteiger partial charge in [-0.2, -0.15) is 0 Å². The third kappa shape index (κ3) is 6.25. The molecule has 1 aromatic carbocycles. The van der Waals surface area contributed by atoms with Gasteiger partial charge in [-0.1, -0.05) is 30.7 Å². The van der Waals surface area contributed by atoms with E-state index < -0.39 is 11.8 Å². The van der Waals surface area contributed by atoms with Crippen LogP contribution in [-0.4, -0.2) is 29.3 Å². The van der Waals surface area contributed by atoms with Gasteiger partial charge in [-0.3, -0.25) is 4.79 Å². The normalized spacial score (nSPS) is 18.9. The van der Waals surface area contributed by atoms with Crippen molar-refractivity contribution in [1.29, 1.82) is 0 Å². The Bertz CT molecular complexity index is 999. The predicted octanol–water partition coefficient (Wildman–Crippen LogP) is 6.62. The van der Waals surface area contributed by atoms with Crippen LogP contribution in [0.3, 0.4) is 0 Å². The quantitative estimate of drug-likeness (QED) is 0.424. The highest BCUT2D eigenvalue weighted by Gasteiger charge is 2.26. The molecule has 3 rings (SSSR count). The van der Waals surface area contributed by atoms with E-state index >= 15 is 0 Å². The first kappa shape index (κ1) is 23.6. The molecule has 1 fully saturated rings. The Hall–Kier alpha value is -2.02. The van der Waals surface area contributed by atoms with Gasteiger partial charge in [0, 0.05) is 16.9 Å². The van der Waals surface area contributed by atoms with Gasteiger partial charge in [-0.05, 0) is 61.4 Å². The lowest BCUT2D eigenvalue weighted by Gasteiger charge is -2.10. The Balaban J connectivity index is 1.54. The zero-order valence-electron chi connectivity index (χ0n) is 17.8. The van der Waals surface area contributed by atoms with E-state index in [2.05, 4.69) is 24.1 Å². The van der Waals surface area contributed by atoms with Gasteiger partial charge in [0.15, 0.2) is 0 Å². The van der Waals surface area contributed by atoms with Crippen molar-refractivity contribution < 1.29 is 19.0 Å². The number of aliphatic carboxylic acids is 1. The van der Waals surface area contributed by atoms with Gasteiger partial charge < -0.3 is 9.84 Å². The van der Waals surface area contributed by atoms with Gasteiger partial charge in [0.25, 0.3) is 0 Å². The number of allylic oxidation sites excluding steroid dienone is 3. The highest BCUT2D eigenvalue weighted by molar-refractivity contribution is 7.15. The summed E-state index contributed by atoms with van der Waals surface area (Å²) in [7, 11) is 0. The van der Waals surface area contributed by atoms with Crippen molar-refractivity contribution in [2.75, 3.05) is 13.2 Å². The molecule has 1 unspecified atom stereocenters. The van der Waals surface area contributed by atoms with Crippen molar-refractivity contribution in [2.24, 2.45) is 5.92 Å². The maximum absolute atomic E-state index is 13.4. The molecule has 0 radical (unpaired) electrons. The maximum atomic E-state index is 13.4. The Morgan fingerprint density at radius 3 is 2.94 bits per heavy atom. The topological polar surface area (TPSA) is 59.4 Å². The lowest BCUT2D eigenvalue weighted by molar-refractivity contribution is -0.137. The summed E-state index contributed by atoms with van der Waals surface area (Å²) in [6.07, 6.45) is 7.81. The standard InChI is InChI=1S/C24H27ClFNO3S/c1-3-4-19-16(5-6-17(19)14-23(28)29)9-11-30-12-10-22-15(2)31-24(27-22)18-7-8-21(26)20(25)13-18/h4,7-9,13,17H,3,5-6,10-12,14H2,1-2H3,(H,28,29). The molecule has 7 heteroatoms. The molecule has 1 saturated carbocycles. The monoisotopic (exact) mass is 463 g/mol. The number of aryl methyl sites for hydroxylation is 1. The van der Waals surface area contributed by atoms with Crippen molar-refractivity contribution in [3.63, 3.8) is 0 Å². The minimum atomic E-state index is -0.745. The highest BCUT2D eigenvalue weighted by atomic mass is 35.5. The average Bonchev–Trinajstić information content (AvgIpc) is 3.27. The molecule has 1 N–H and O–H groups in total. The van der Waals surface area contributed by atoms with Crippen LogP contribution in [0, 0.1) is 18.7 Å². The van der Waals surface area contributed by atoms with E-state index in [1.165, 1.54) is 17.2 Å². The Kier molecular flexibility index (Phi) is 8.41. The molecule has 0 aliphatic heterocycles. The van der Waals surface area contributed by atoms with Gasteiger partial charge in [0.05, 0.1) is 30.4 Å². The lowest BCUT2D eigenvalue weighted by atomic mass is 9.96. The first-order valence-electron chi connectivity index (χ1n) is 10.5. The average molecular weight is 464 g/mol. The fourth-order valence-electron chi connectivity index (χ4n) is 3.88. The van der Waals surface area contributed by atoms with Crippen molar-refractivity contribution in [3.05, 3.63) is 62.9 Å². The molecule has 1 aliphatic carbocycles. The summed E-state index contributed by atoms with van der Waals surface area (Å²) in [5.41, 5.74) is 4.17. The van der Waals surface area contributed by atoms with Crippen LogP contribution < -0.4 is 0 Å². The number of hydrogen-bond donors (Lipinski definition) is 1. The molecule has 1 atom stereocenters. The van der Waals surface area contributed by atoms with Gasteiger partial charge in [0.2, 0.25) is 0 Å². The number of carboxylic acids is 1. The summed E-state index contributed by atoms with van der Waals surface area (Å²) >= 11 is 7.45. The number of nitrogens with zero attached hydrogens (tertiary/aromatic N) is 1. The molecular formula is C24H27ClFNO3S. The van der Waals surface area contributed by atoms with E-state index in [0.29, 0.717) is 19.6 Å². The van der Waals surface area contributed by atoms with Crippen LogP contribution >= 0.6 is 22.9 Å². The number of ether oxygens (including phenoxy) is 1. The minimum absolute atomic E-state index is 0.0947. The molecule has 0 bridgehead atoms. The smallest absolute Gasteiger partial charge is 0.303 e. The van der Waals surface area contributed by atoms with Crippen molar-refractivity contribution >= 4 is 28.9 Å². The summed E-state index contributed by atoms with van der Waals surface area (Å²) in [4.78, 5) is 16.9. The minimum Gasteiger partial charge on any atom is -0.481 e. The molecule has 31 heavy (non-hydrogen) atoms. The van der Waals surface area contributed by atoms with Crippen LogP contribution in [-0.2, 0) is 16.0 Å². The van der Waals surface area contributed by atoms with E-state index in [1.807, 2.05) is 6.92 Å². The highest BCUT2D eigenvalue weighted by Crippen LogP contribution is 2.38. The summed E-state index contributed by atoms with van der Waals surface area (Å²) in [6.45, 7) is 5.14. The summed E-state index contributed by atoms with van der Waals surface area (Å²) in [5, 5.41) is 10.0. The Morgan fingerprint density at radius 2 is 2.23 bits per heavy atom. The Labute approximate surface area is 191 Å². The number of halogens is 2. The van der Waals surface area contributed by atoms with Crippen molar-refractivity contribution in [3.8, 4) is 10.6 Å². The SMILES string of the molecule is CCC=C1C(=CCOCCc2nc(-c3ccc(F)c(Cl)c3)sc2C)CCC1CC(=O)O. The molecule has 0 spiro atoms. The summed E-state index contributed by atoms with van der Waals surface area (Å²) in [5.74, 6) is -1.07. The van der Waals surface area contributed by atoms with Crippen LogP contribution in [0.4, 0.5) is 4.39 Å². The van der Waals surface area contributed by atoms with Gasteiger partial charge in [-0.15, -0.1) is 11.3 Å². The number of carboxylic acid groups (broad SMARTS) is 1. The van der Waals surface area contributed by atoms with Crippen LogP contribution in [0.5, 0.6) is 0 Å². The van der Waals surface area contributed by atoms with Crippen LogP contribution in [0.15, 0.2) is 41.5 Å². The summed E-state index contributed by atoms with van der Waals surface area (Å²) in [6, 6.07) is 4.64. The van der Waals surface area contributed by atoms with E-state index in [4.69, 9.17) is 21.4 Å². The second-order valence-electron chi connectivity index (χ2n) is 7.61. The number of carbonyl (C=O) groups is 1. The van der Waals surface area contributed by atoms with E-state index in [9.17, 15) is 9.18 Å². The van der Waals surface area contributed by atoms with Gasteiger partial charge >= 0.3 is 5.97 Å². The van der Waals surface area contributed by atoms with E-state index in [0.717, 1.165) is 40.4 Å². The lowest BCUT2D eigenvalue weighted by Crippen LogP contribution is -2.06. The molecule has 0 saturated heterocycles. The number of hydrogen-bond acceptors (Lipinski definition) is 4. The number of rotatable bonds is 9. The van der Waals surface area contributed by atoms with Crippen LogP contribution in [0.1, 0.15) is 43.2 Å². The second-order valence-corrected chi connectivity index (χ2v) is 9.22. The van der Waals surface area contributed by atoms with Crippen LogP contribution in [0.2, 0.25) is 5.02 Å². The van der Waals surface area contributed by atoms with Gasteiger partial charge in [-0.25, -0.2) is 9.37 Å². The largest absolute Gasteiger partial charge is 0.481 e. The fraction of sp³-hybridized carbons (Fsp3) is 0.417. The second kappa shape index (κ2) is 11.0. The first-order valence-corrected chi connectivity index (χ1v) is 11.7. The molecule has 1 aliphatic rings. The third-order valence-electron chi connectivity index (χ3n) is 5.41. The molecule has 1 aromatic heterocycles. The van der Waals surface area contributed by atoms with Crippen molar-refractivity contribution in [2.45, 2.75) is 46.0 Å². The maximum Gasteiger partial charge on any atom is 0.303 e. The fourth-order valence-corrected chi connectivity index (χ4v) is 5.01. The number of thiazole rings is 1. The molecule has 0 amide bonds. The van der Waals surface area contributed by atoms with E-state index in [1.54, 1.807) is 23.5 Å². The Morgan fingerprint density at radius 1 is 1.42 bits per heavy atom. The zero-order valence-corrected chi connectivity index (χ0v) is 19.4. The molecule has 4 nitrogen and oxygen atoms in total. The number of aromatic nitrogens is 1. The van der Waals surface area contributed by atoms with Crippen molar-refractivity contribution in [1.82, 2.24) is 4.98 Å². The molecule has 2 aromatic rings.